The van der Waals surface area contributed by atoms with Crippen molar-refractivity contribution in [3.63, 3.8) is 0 Å². The minimum atomic E-state index is -3.83. The highest BCUT2D eigenvalue weighted by Crippen LogP contribution is 2.27. The second-order valence-electron chi connectivity index (χ2n) is 4.14. The van der Waals surface area contributed by atoms with Crippen LogP contribution in [0.4, 0.5) is 0 Å². The molecule has 0 N–H and O–H groups in total. The minimum Gasteiger partial charge on any atom is -0.466 e. The SMILES string of the molecule is CCOC(=O)CCN(C)S(=O)(=O)c1c(Cl)nc2sccn12. The van der Waals surface area contributed by atoms with Crippen LogP contribution >= 0.6 is 22.9 Å². The molecule has 0 unspecified atom stereocenters. The summed E-state index contributed by atoms with van der Waals surface area (Å²) in [6, 6.07) is 0. The van der Waals surface area contributed by atoms with Crippen LogP contribution in [0.15, 0.2) is 16.6 Å². The number of nitrogens with zero attached hydrogens (tertiary/aromatic N) is 3. The second kappa shape index (κ2) is 6.30. The Labute approximate surface area is 131 Å². The third-order valence-electron chi connectivity index (χ3n) is 2.77. The van der Waals surface area contributed by atoms with Crippen molar-refractivity contribution in [2.75, 3.05) is 20.2 Å². The van der Waals surface area contributed by atoms with Crippen LogP contribution in [0.25, 0.3) is 4.96 Å². The fourth-order valence-corrected chi connectivity index (χ4v) is 4.29. The van der Waals surface area contributed by atoms with Crippen LogP contribution in [0.1, 0.15) is 13.3 Å². The van der Waals surface area contributed by atoms with Gasteiger partial charge in [0.05, 0.1) is 13.0 Å². The van der Waals surface area contributed by atoms with Gasteiger partial charge in [0.25, 0.3) is 10.0 Å². The molecule has 0 saturated heterocycles. The standard InChI is InChI=1S/C11H14ClN3O4S2/c1-3-19-8(16)4-5-14(2)21(17,18)10-9(12)13-11-15(10)6-7-20-11/h6-7H,3-5H2,1-2H3. The van der Waals surface area contributed by atoms with Gasteiger partial charge in [-0.2, -0.15) is 4.31 Å². The van der Waals surface area contributed by atoms with E-state index in [1.165, 1.54) is 22.8 Å². The van der Waals surface area contributed by atoms with Gasteiger partial charge in [-0.15, -0.1) is 11.3 Å². The summed E-state index contributed by atoms with van der Waals surface area (Å²) in [5.41, 5.74) is 0. The lowest BCUT2D eigenvalue weighted by molar-refractivity contribution is -0.143. The summed E-state index contributed by atoms with van der Waals surface area (Å²) in [6.07, 6.45) is 1.57. The van der Waals surface area contributed by atoms with Crippen molar-refractivity contribution in [1.82, 2.24) is 13.7 Å². The lowest BCUT2D eigenvalue weighted by atomic mass is 10.4. The van der Waals surface area contributed by atoms with Gasteiger partial charge >= 0.3 is 5.97 Å². The largest absolute Gasteiger partial charge is 0.466 e. The number of thiazole rings is 1. The first-order valence-corrected chi connectivity index (χ1v) is 8.80. The molecule has 0 fully saturated rings. The summed E-state index contributed by atoms with van der Waals surface area (Å²) in [5.74, 6) is -0.445. The Bertz CT molecular complexity index is 753. The minimum absolute atomic E-state index is 0.00880. The summed E-state index contributed by atoms with van der Waals surface area (Å²) in [7, 11) is -2.45. The molecule has 0 spiro atoms. The Morgan fingerprint density at radius 3 is 2.95 bits per heavy atom. The number of hydrogen-bond donors (Lipinski definition) is 0. The van der Waals surface area contributed by atoms with Crippen molar-refractivity contribution in [1.29, 1.82) is 0 Å². The molecule has 116 valence electrons. The van der Waals surface area contributed by atoms with Gasteiger partial charge in [-0.3, -0.25) is 9.20 Å². The molecule has 2 rings (SSSR count). The summed E-state index contributed by atoms with van der Waals surface area (Å²) >= 11 is 7.21. The Balaban J connectivity index is 2.23. The van der Waals surface area contributed by atoms with Crippen LogP contribution in [0.2, 0.25) is 5.15 Å². The van der Waals surface area contributed by atoms with Gasteiger partial charge < -0.3 is 4.74 Å². The Morgan fingerprint density at radius 1 is 1.57 bits per heavy atom. The number of aromatic nitrogens is 2. The highest BCUT2D eigenvalue weighted by molar-refractivity contribution is 7.89. The first-order chi connectivity index (χ1) is 9.87. The number of hydrogen-bond acceptors (Lipinski definition) is 6. The van der Waals surface area contributed by atoms with Gasteiger partial charge in [-0.05, 0) is 6.92 Å². The average molecular weight is 352 g/mol. The Hall–Kier alpha value is -1.16. The maximum atomic E-state index is 12.5. The number of ether oxygens (including phenoxy) is 1. The Kier molecular flexibility index (Phi) is 4.87. The molecular formula is C11H14ClN3O4S2. The number of carbonyl (C=O) groups excluding carboxylic acids is 1. The molecule has 0 saturated carbocycles. The van der Waals surface area contributed by atoms with Gasteiger partial charge in [0.15, 0.2) is 15.1 Å². The highest BCUT2D eigenvalue weighted by Gasteiger charge is 2.29. The van der Waals surface area contributed by atoms with Gasteiger partial charge in [-0.1, -0.05) is 11.6 Å². The first-order valence-electron chi connectivity index (χ1n) is 6.11. The van der Waals surface area contributed by atoms with E-state index in [4.69, 9.17) is 16.3 Å². The number of esters is 1. The summed E-state index contributed by atoms with van der Waals surface area (Å²) in [5, 5.41) is 1.55. The van der Waals surface area contributed by atoms with E-state index in [2.05, 4.69) is 4.98 Å². The third-order valence-corrected chi connectivity index (χ3v) is 5.78. The molecule has 2 aromatic rings. The van der Waals surface area contributed by atoms with E-state index in [0.717, 1.165) is 4.31 Å². The summed E-state index contributed by atoms with van der Waals surface area (Å²) in [6.45, 7) is 1.96. The molecule has 2 heterocycles. The number of rotatable bonds is 6. The van der Waals surface area contributed by atoms with Crippen LogP contribution in [-0.2, 0) is 19.6 Å². The van der Waals surface area contributed by atoms with Crippen LogP contribution in [-0.4, -0.2) is 48.3 Å². The Morgan fingerprint density at radius 2 is 2.29 bits per heavy atom. The molecule has 0 radical (unpaired) electrons. The van der Waals surface area contributed by atoms with E-state index < -0.39 is 16.0 Å². The molecule has 7 nitrogen and oxygen atoms in total. The van der Waals surface area contributed by atoms with Gasteiger partial charge in [0.2, 0.25) is 0 Å². The van der Waals surface area contributed by atoms with Crippen molar-refractivity contribution >= 4 is 43.9 Å². The maximum Gasteiger partial charge on any atom is 0.307 e. The summed E-state index contributed by atoms with van der Waals surface area (Å²) < 4.78 is 32.3. The molecular weight excluding hydrogens is 338 g/mol. The van der Waals surface area contributed by atoms with E-state index in [1.807, 2.05) is 0 Å². The van der Waals surface area contributed by atoms with Gasteiger partial charge in [0.1, 0.15) is 0 Å². The predicted molar refractivity (Wildman–Crippen MR) is 79.1 cm³/mol. The zero-order valence-electron chi connectivity index (χ0n) is 11.4. The molecule has 21 heavy (non-hydrogen) atoms. The lowest BCUT2D eigenvalue weighted by Gasteiger charge is -2.16. The molecule has 0 atom stereocenters. The zero-order chi connectivity index (χ0) is 15.6. The van der Waals surface area contributed by atoms with Crippen molar-refractivity contribution < 1.29 is 17.9 Å². The molecule has 0 aliphatic heterocycles. The fraction of sp³-hybridized carbons (Fsp3) is 0.455. The topological polar surface area (TPSA) is 81.0 Å². The number of carbonyl (C=O) groups is 1. The maximum absolute atomic E-state index is 12.5. The molecule has 0 aliphatic rings. The first kappa shape index (κ1) is 16.2. The van der Waals surface area contributed by atoms with E-state index in [0.29, 0.717) is 4.96 Å². The van der Waals surface area contributed by atoms with E-state index in [1.54, 1.807) is 18.5 Å². The van der Waals surface area contributed by atoms with E-state index in [9.17, 15) is 13.2 Å². The van der Waals surface area contributed by atoms with Crippen molar-refractivity contribution in [3.05, 3.63) is 16.7 Å². The van der Waals surface area contributed by atoms with Crippen LogP contribution in [0.5, 0.6) is 0 Å². The van der Waals surface area contributed by atoms with Gasteiger partial charge in [0, 0.05) is 25.2 Å². The molecule has 2 aromatic heterocycles. The second-order valence-corrected chi connectivity index (χ2v) is 7.34. The predicted octanol–water partition coefficient (Wildman–Crippen LogP) is 1.62. The molecule has 0 aromatic carbocycles. The van der Waals surface area contributed by atoms with Crippen molar-refractivity contribution in [2.45, 2.75) is 18.4 Å². The van der Waals surface area contributed by atoms with Crippen LogP contribution < -0.4 is 0 Å². The normalized spacial score (nSPS) is 12.2. The fourth-order valence-electron chi connectivity index (χ4n) is 1.72. The van der Waals surface area contributed by atoms with Crippen molar-refractivity contribution in [2.24, 2.45) is 0 Å². The van der Waals surface area contributed by atoms with Gasteiger partial charge in [-0.25, -0.2) is 13.4 Å². The average Bonchev–Trinajstić information content (AvgIpc) is 2.95. The monoisotopic (exact) mass is 351 g/mol. The molecule has 10 heteroatoms. The number of imidazole rings is 1. The quantitative estimate of drug-likeness (QED) is 0.739. The summed E-state index contributed by atoms with van der Waals surface area (Å²) in [4.78, 5) is 15.8. The van der Waals surface area contributed by atoms with Crippen LogP contribution in [0, 0.1) is 0 Å². The lowest BCUT2D eigenvalue weighted by Crippen LogP contribution is -2.30. The number of halogens is 1. The van der Waals surface area contributed by atoms with Crippen LogP contribution in [0.3, 0.4) is 0 Å². The molecule has 0 aliphatic carbocycles. The molecule has 0 bridgehead atoms. The van der Waals surface area contributed by atoms with E-state index >= 15 is 0 Å². The van der Waals surface area contributed by atoms with Crippen molar-refractivity contribution in [3.8, 4) is 0 Å². The molecule has 0 amide bonds. The number of sulfonamides is 1. The number of fused-ring (bicyclic) bond motifs is 1. The van der Waals surface area contributed by atoms with E-state index in [-0.39, 0.29) is 29.8 Å². The smallest absolute Gasteiger partial charge is 0.307 e. The zero-order valence-corrected chi connectivity index (χ0v) is 13.8. The third kappa shape index (κ3) is 3.20. The highest BCUT2D eigenvalue weighted by atomic mass is 35.5.